The smallest absolute Gasteiger partial charge is 0.338 e. The van der Waals surface area contributed by atoms with Crippen LogP contribution in [0.5, 0.6) is 0 Å². The summed E-state index contributed by atoms with van der Waals surface area (Å²) in [5, 5.41) is 0. The molecule has 0 N–H and O–H groups in total. The van der Waals surface area contributed by atoms with Gasteiger partial charge >= 0.3 is 5.97 Å². The maximum Gasteiger partial charge on any atom is 0.338 e. The van der Waals surface area contributed by atoms with Gasteiger partial charge in [0.2, 0.25) is 0 Å². The first-order chi connectivity index (χ1) is 14.0. The molecule has 0 saturated carbocycles. The summed E-state index contributed by atoms with van der Waals surface area (Å²) in [5.41, 5.74) is 1.92. The van der Waals surface area contributed by atoms with E-state index >= 15 is 0 Å². The second-order valence-corrected chi connectivity index (χ2v) is 6.63. The Morgan fingerprint density at radius 1 is 0.966 bits per heavy atom. The van der Waals surface area contributed by atoms with Gasteiger partial charge in [-0.05, 0) is 24.1 Å². The van der Waals surface area contributed by atoms with Crippen LogP contribution in [0.1, 0.15) is 29.9 Å². The van der Waals surface area contributed by atoms with E-state index in [1.807, 2.05) is 6.08 Å². The Morgan fingerprint density at radius 2 is 1.66 bits per heavy atom. The van der Waals surface area contributed by atoms with E-state index < -0.39 is 17.7 Å². The molecule has 1 aliphatic carbocycles. The lowest BCUT2D eigenvalue weighted by molar-refractivity contribution is -0.136. The number of carbonyl (C=O) groups is 1. The first kappa shape index (κ1) is 20.5. The number of allylic oxidation sites excluding steroid dienone is 4. The van der Waals surface area contributed by atoms with Crippen LogP contribution in [-0.2, 0) is 14.3 Å². The van der Waals surface area contributed by atoms with Gasteiger partial charge in [0.25, 0.3) is 0 Å². The second kappa shape index (κ2) is 9.32. The van der Waals surface area contributed by atoms with Crippen LogP contribution in [0.15, 0.2) is 77.6 Å². The highest BCUT2D eigenvalue weighted by atomic mass is 19.1. The fourth-order valence-corrected chi connectivity index (χ4v) is 3.43. The number of hydrogen-bond acceptors (Lipinski definition) is 3. The molecule has 0 radical (unpaired) electrons. The maximum atomic E-state index is 14.6. The third kappa shape index (κ3) is 4.62. The Morgan fingerprint density at radius 3 is 2.31 bits per heavy atom. The third-order valence-corrected chi connectivity index (χ3v) is 4.91. The van der Waals surface area contributed by atoms with E-state index in [2.05, 4.69) is 0 Å². The van der Waals surface area contributed by atoms with Crippen molar-refractivity contribution in [3.05, 3.63) is 100 Å². The number of benzene rings is 2. The third-order valence-electron chi connectivity index (χ3n) is 4.91. The summed E-state index contributed by atoms with van der Waals surface area (Å²) in [6, 6.07) is 12.7. The number of esters is 1. The molecule has 2 aromatic rings. The Balaban J connectivity index is 2.08. The van der Waals surface area contributed by atoms with Crippen molar-refractivity contribution < 1.29 is 23.0 Å². The molecule has 2 aromatic carbocycles. The SMILES string of the molecule is COC(=O)C1=C(OC)CCC(/C=C/c2ccccc2F)=C[C@@H]1c1ccccc1F. The first-order valence-electron chi connectivity index (χ1n) is 9.28. The lowest BCUT2D eigenvalue weighted by Crippen LogP contribution is -2.16. The van der Waals surface area contributed by atoms with Crippen LogP contribution in [0.3, 0.4) is 0 Å². The summed E-state index contributed by atoms with van der Waals surface area (Å²) in [7, 11) is 2.77. The van der Waals surface area contributed by atoms with Crippen LogP contribution in [0.4, 0.5) is 8.78 Å². The first-order valence-corrected chi connectivity index (χ1v) is 9.28. The molecule has 3 nitrogen and oxygen atoms in total. The van der Waals surface area contributed by atoms with Crippen LogP contribution in [0.2, 0.25) is 0 Å². The van der Waals surface area contributed by atoms with Crippen LogP contribution >= 0.6 is 0 Å². The molecule has 3 rings (SSSR count). The average Bonchev–Trinajstić information content (AvgIpc) is 2.92. The predicted molar refractivity (Wildman–Crippen MR) is 108 cm³/mol. The summed E-state index contributed by atoms with van der Waals surface area (Å²) in [5.74, 6) is -1.54. The van der Waals surface area contributed by atoms with Gasteiger partial charge in [0.05, 0.1) is 19.8 Å². The molecule has 5 heteroatoms. The van der Waals surface area contributed by atoms with Crippen molar-refractivity contribution >= 4 is 12.0 Å². The predicted octanol–water partition coefficient (Wildman–Crippen LogP) is 5.56. The molecule has 0 amide bonds. The second-order valence-electron chi connectivity index (χ2n) is 6.63. The average molecular weight is 396 g/mol. The van der Waals surface area contributed by atoms with Gasteiger partial charge in [0.15, 0.2) is 0 Å². The van der Waals surface area contributed by atoms with E-state index in [0.29, 0.717) is 29.7 Å². The summed E-state index contributed by atoms with van der Waals surface area (Å²) in [6.45, 7) is 0. The molecular formula is C24H22F2O3. The highest BCUT2D eigenvalue weighted by Gasteiger charge is 2.30. The summed E-state index contributed by atoms with van der Waals surface area (Å²) >= 11 is 0. The molecule has 0 heterocycles. The van der Waals surface area contributed by atoms with Gasteiger partial charge in [-0.2, -0.15) is 0 Å². The van der Waals surface area contributed by atoms with Crippen molar-refractivity contribution in [1.29, 1.82) is 0 Å². The fourth-order valence-electron chi connectivity index (χ4n) is 3.43. The van der Waals surface area contributed by atoms with E-state index in [4.69, 9.17) is 9.47 Å². The van der Waals surface area contributed by atoms with E-state index in [1.54, 1.807) is 48.6 Å². The lowest BCUT2D eigenvalue weighted by Gasteiger charge is -2.18. The quantitative estimate of drug-likeness (QED) is 0.621. The summed E-state index contributed by atoms with van der Waals surface area (Å²) in [4.78, 5) is 12.5. The monoisotopic (exact) mass is 396 g/mol. The van der Waals surface area contributed by atoms with Crippen molar-refractivity contribution in [2.24, 2.45) is 0 Å². The van der Waals surface area contributed by atoms with Gasteiger partial charge in [0, 0.05) is 17.9 Å². The number of halogens is 2. The topological polar surface area (TPSA) is 35.5 Å². The zero-order chi connectivity index (χ0) is 20.8. The van der Waals surface area contributed by atoms with Crippen molar-refractivity contribution in [3.63, 3.8) is 0 Å². The molecule has 0 spiro atoms. The van der Waals surface area contributed by atoms with Gasteiger partial charge in [-0.25, -0.2) is 13.6 Å². The molecule has 0 unspecified atom stereocenters. The van der Waals surface area contributed by atoms with Crippen LogP contribution in [0.25, 0.3) is 6.08 Å². The van der Waals surface area contributed by atoms with E-state index in [-0.39, 0.29) is 11.4 Å². The minimum atomic E-state index is -0.679. The molecular weight excluding hydrogens is 374 g/mol. The largest absolute Gasteiger partial charge is 0.500 e. The number of ether oxygens (including phenoxy) is 2. The van der Waals surface area contributed by atoms with Crippen molar-refractivity contribution in [1.82, 2.24) is 0 Å². The van der Waals surface area contributed by atoms with Crippen molar-refractivity contribution in [2.75, 3.05) is 14.2 Å². The fraction of sp³-hybridized carbons (Fsp3) is 0.208. The number of methoxy groups -OCH3 is 2. The number of carbonyl (C=O) groups excluding carboxylic acids is 1. The molecule has 0 bridgehead atoms. The minimum absolute atomic E-state index is 0.273. The van der Waals surface area contributed by atoms with Crippen molar-refractivity contribution in [2.45, 2.75) is 18.8 Å². The molecule has 1 atom stereocenters. The Bertz CT molecular complexity index is 989. The molecule has 0 saturated heterocycles. The Labute approximate surface area is 169 Å². The molecule has 0 aromatic heterocycles. The van der Waals surface area contributed by atoms with Crippen LogP contribution in [0, 0.1) is 11.6 Å². The van der Waals surface area contributed by atoms with E-state index in [1.165, 1.54) is 26.4 Å². The molecule has 1 aliphatic rings. The summed E-state index contributed by atoms with van der Waals surface area (Å²) in [6.07, 6.45) is 6.28. The molecule has 0 aliphatic heterocycles. The van der Waals surface area contributed by atoms with Crippen LogP contribution in [-0.4, -0.2) is 20.2 Å². The van der Waals surface area contributed by atoms with Gasteiger partial charge < -0.3 is 9.47 Å². The van der Waals surface area contributed by atoms with E-state index in [9.17, 15) is 13.6 Å². The highest BCUT2D eigenvalue weighted by molar-refractivity contribution is 5.91. The Hall–Kier alpha value is -3.21. The normalized spacial score (nSPS) is 17.1. The van der Waals surface area contributed by atoms with E-state index in [0.717, 1.165) is 5.57 Å². The zero-order valence-corrected chi connectivity index (χ0v) is 16.3. The standard InChI is InChI=1S/C24H22F2O3/c1-28-22-14-12-16(11-13-17-7-3-5-9-20(17)25)15-19(23(22)24(27)29-2)18-8-4-6-10-21(18)26/h3-11,13,15,19H,12,14H2,1-2H3/b13-11+/t19-/m1/s1. The van der Waals surface area contributed by atoms with Gasteiger partial charge in [-0.1, -0.05) is 60.2 Å². The van der Waals surface area contributed by atoms with Crippen molar-refractivity contribution in [3.8, 4) is 0 Å². The van der Waals surface area contributed by atoms with Gasteiger partial charge in [-0.15, -0.1) is 0 Å². The summed E-state index contributed by atoms with van der Waals surface area (Å²) < 4.78 is 39.0. The Kier molecular flexibility index (Phi) is 6.60. The highest BCUT2D eigenvalue weighted by Crippen LogP contribution is 2.37. The maximum absolute atomic E-state index is 14.6. The molecule has 29 heavy (non-hydrogen) atoms. The lowest BCUT2D eigenvalue weighted by atomic mass is 9.89. The van der Waals surface area contributed by atoms with Crippen LogP contribution < -0.4 is 0 Å². The minimum Gasteiger partial charge on any atom is -0.500 e. The molecule has 150 valence electrons. The van der Waals surface area contributed by atoms with Gasteiger partial charge in [-0.3, -0.25) is 0 Å². The number of rotatable bonds is 5. The zero-order valence-electron chi connectivity index (χ0n) is 16.3. The number of hydrogen-bond donors (Lipinski definition) is 0. The molecule has 0 fully saturated rings. The van der Waals surface area contributed by atoms with Gasteiger partial charge in [0.1, 0.15) is 17.4 Å².